The lowest BCUT2D eigenvalue weighted by atomic mass is 10.4. The molecule has 2 aromatic heterocycles. The van der Waals surface area contributed by atoms with Crippen molar-refractivity contribution in [2.45, 2.75) is 13.5 Å². The summed E-state index contributed by atoms with van der Waals surface area (Å²) in [7, 11) is 1.88. The second-order valence-corrected chi connectivity index (χ2v) is 3.85. The molecule has 0 amide bonds. The zero-order valence-electron chi connectivity index (χ0n) is 10.3. The van der Waals surface area contributed by atoms with Crippen LogP contribution in [0.25, 0.3) is 0 Å². The Bertz CT molecular complexity index is 639. The molecule has 2 aromatic rings. The molecule has 0 unspecified atom stereocenters. The molecule has 0 saturated carbocycles. The third-order valence-electron chi connectivity index (χ3n) is 2.49. The van der Waals surface area contributed by atoms with E-state index in [0.717, 1.165) is 0 Å². The Kier molecular flexibility index (Phi) is 3.22. The number of anilines is 1. The van der Waals surface area contributed by atoms with Gasteiger partial charge in [0.15, 0.2) is 23.9 Å². The normalized spacial score (nSPS) is 11.2. The number of H-pyrrole nitrogens is 1. The summed E-state index contributed by atoms with van der Waals surface area (Å²) in [5, 5.41) is 10.5. The zero-order valence-corrected chi connectivity index (χ0v) is 10.3. The number of nitrogens with two attached hydrogens (primary N) is 1. The van der Waals surface area contributed by atoms with Gasteiger partial charge in [0.1, 0.15) is 12.7 Å². The summed E-state index contributed by atoms with van der Waals surface area (Å²) in [5.74, 6) is 0.298. The number of azo groups is 1. The molecule has 94 valence electrons. The zero-order chi connectivity index (χ0) is 13.1. The van der Waals surface area contributed by atoms with Crippen molar-refractivity contribution >= 4 is 17.2 Å². The highest BCUT2D eigenvalue weighted by atomic mass is 16.1. The fraction of sp³-hybridized carbons (Fsp3) is 0.273. The van der Waals surface area contributed by atoms with Crippen molar-refractivity contribution in [3.8, 4) is 0 Å². The number of hydrogen-bond donors (Lipinski definition) is 2. The van der Waals surface area contributed by atoms with E-state index in [0.29, 0.717) is 18.1 Å². The Morgan fingerprint density at radius 2 is 2.28 bits per heavy atom. The van der Waals surface area contributed by atoms with Crippen molar-refractivity contribution in [2.75, 3.05) is 5.73 Å². The lowest BCUT2D eigenvalue weighted by molar-refractivity contribution is -0.670. The van der Waals surface area contributed by atoms with Crippen LogP contribution in [-0.4, -0.2) is 9.78 Å². The van der Waals surface area contributed by atoms with Crippen LogP contribution < -0.4 is 15.9 Å². The highest BCUT2D eigenvalue weighted by Crippen LogP contribution is 2.19. The van der Waals surface area contributed by atoms with Crippen LogP contribution in [0.5, 0.6) is 0 Å². The molecule has 0 saturated heterocycles. The fourth-order valence-corrected chi connectivity index (χ4v) is 1.56. The van der Waals surface area contributed by atoms with Crippen molar-refractivity contribution < 1.29 is 4.57 Å². The van der Waals surface area contributed by atoms with Gasteiger partial charge >= 0.3 is 0 Å². The van der Waals surface area contributed by atoms with Gasteiger partial charge in [-0.05, 0) is 13.0 Å². The standard InChI is InChI=1S/C11H14N6O/c1-3-17-10(12)9(11(18)15-17)14-13-8-5-4-6-16(2)7-8/h4-7H,3H2,1-2H3,(H2-,12,13,15,18)/p+1. The van der Waals surface area contributed by atoms with E-state index in [-0.39, 0.29) is 11.2 Å². The van der Waals surface area contributed by atoms with E-state index >= 15 is 0 Å². The van der Waals surface area contributed by atoms with Crippen LogP contribution in [0.3, 0.4) is 0 Å². The van der Waals surface area contributed by atoms with Gasteiger partial charge in [0.05, 0.1) is 0 Å². The van der Waals surface area contributed by atoms with Crippen LogP contribution in [0.1, 0.15) is 6.92 Å². The number of aryl methyl sites for hydroxylation is 2. The van der Waals surface area contributed by atoms with E-state index in [4.69, 9.17) is 5.73 Å². The number of nitrogens with zero attached hydrogens (tertiary/aromatic N) is 4. The molecule has 2 rings (SSSR count). The first-order valence-corrected chi connectivity index (χ1v) is 5.57. The number of aromatic amines is 1. The molecule has 7 nitrogen and oxygen atoms in total. The van der Waals surface area contributed by atoms with Crippen LogP contribution >= 0.6 is 0 Å². The molecule has 0 bridgehead atoms. The van der Waals surface area contributed by atoms with Crippen LogP contribution in [0.4, 0.5) is 17.2 Å². The quantitative estimate of drug-likeness (QED) is 0.626. The largest absolute Gasteiger partial charge is 0.382 e. The summed E-state index contributed by atoms with van der Waals surface area (Å²) >= 11 is 0. The lowest BCUT2D eigenvalue weighted by Gasteiger charge is -1.97. The van der Waals surface area contributed by atoms with Gasteiger partial charge in [-0.2, -0.15) is 0 Å². The monoisotopic (exact) mass is 247 g/mol. The average molecular weight is 247 g/mol. The fourth-order valence-electron chi connectivity index (χ4n) is 1.56. The number of rotatable bonds is 3. The highest BCUT2D eigenvalue weighted by molar-refractivity contribution is 5.56. The van der Waals surface area contributed by atoms with Crippen molar-refractivity contribution in [3.63, 3.8) is 0 Å². The maximum Gasteiger partial charge on any atom is 0.294 e. The molecule has 3 N–H and O–H groups in total. The minimum absolute atomic E-state index is 0.142. The molecule has 0 aliphatic rings. The molecule has 0 aliphatic heterocycles. The Morgan fingerprint density at radius 1 is 1.50 bits per heavy atom. The van der Waals surface area contributed by atoms with E-state index in [1.54, 1.807) is 12.3 Å². The highest BCUT2D eigenvalue weighted by Gasteiger charge is 2.10. The van der Waals surface area contributed by atoms with Crippen molar-refractivity contribution in [1.82, 2.24) is 9.78 Å². The minimum Gasteiger partial charge on any atom is -0.382 e. The van der Waals surface area contributed by atoms with E-state index in [9.17, 15) is 4.79 Å². The van der Waals surface area contributed by atoms with Gasteiger partial charge in [-0.1, -0.05) is 0 Å². The number of pyridine rings is 1. The van der Waals surface area contributed by atoms with Gasteiger partial charge in [-0.25, -0.2) is 4.57 Å². The summed E-state index contributed by atoms with van der Waals surface area (Å²) < 4.78 is 3.38. The van der Waals surface area contributed by atoms with Crippen molar-refractivity contribution in [3.05, 3.63) is 34.9 Å². The molecule has 0 fully saturated rings. The van der Waals surface area contributed by atoms with Crippen molar-refractivity contribution in [1.29, 1.82) is 0 Å². The molecule has 0 spiro atoms. The number of nitrogen functional groups attached to an aromatic ring is 1. The maximum absolute atomic E-state index is 11.6. The molecule has 0 atom stereocenters. The summed E-state index contributed by atoms with van der Waals surface area (Å²) in [6, 6.07) is 3.64. The Labute approximate surface area is 104 Å². The molecular weight excluding hydrogens is 232 g/mol. The predicted octanol–water partition coefficient (Wildman–Crippen LogP) is 1.02. The SMILES string of the molecule is CCn1[nH]c(=O)c(/N=N/c2ccc[n+](C)c2)c1N. The van der Waals surface area contributed by atoms with Crippen LogP contribution in [0.2, 0.25) is 0 Å². The summed E-state index contributed by atoms with van der Waals surface area (Å²) in [4.78, 5) is 11.6. The molecule has 0 radical (unpaired) electrons. The maximum atomic E-state index is 11.6. The van der Waals surface area contributed by atoms with Crippen LogP contribution in [0, 0.1) is 0 Å². The third-order valence-corrected chi connectivity index (χ3v) is 2.49. The molecule has 2 heterocycles. The molecular formula is C11H15N6O+. The Morgan fingerprint density at radius 3 is 2.89 bits per heavy atom. The Hall–Kier alpha value is -2.44. The average Bonchev–Trinajstić information content (AvgIpc) is 2.62. The van der Waals surface area contributed by atoms with Gasteiger partial charge in [0.2, 0.25) is 0 Å². The predicted molar refractivity (Wildman–Crippen MR) is 66.9 cm³/mol. The summed E-state index contributed by atoms with van der Waals surface area (Å²) in [5.41, 5.74) is 6.24. The smallest absolute Gasteiger partial charge is 0.294 e. The van der Waals surface area contributed by atoms with Crippen molar-refractivity contribution in [2.24, 2.45) is 17.3 Å². The first-order valence-electron chi connectivity index (χ1n) is 5.57. The third kappa shape index (κ3) is 2.29. The number of nitrogens with one attached hydrogen (secondary N) is 1. The first-order chi connectivity index (χ1) is 8.61. The Balaban J connectivity index is 2.35. The first kappa shape index (κ1) is 12.0. The topological polar surface area (TPSA) is 92.4 Å². The van der Waals surface area contributed by atoms with E-state index in [2.05, 4.69) is 15.3 Å². The van der Waals surface area contributed by atoms with E-state index < -0.39 is 0 Å². The van der Waals surface area contributed by atoms with E-state index in [1.807, 2.05) is 30.8 Å². The number of hydrogen-bond acceptors (Lipinski definition) is 4. The second kappa shape index (κ2) is 4.82. The van der Waals surface area contributed by atoms with Crippen LogP contribution in [0.15, 0.2) is 39.5 Å². The summed E-state index contributed by atoms with van der Waals surface area (Å²) in [6.07, 6.45) is 3.68. The lowest BCUT2D eigenvalue weighted by Crippen LogP contribution is -2.25. The number of aromatic nitrogens is 3. The molecule has 0 aromatic carbocycles. The van der Waals surface area contributed by atoms with Gasteiger partial charge < -0.3 is 5.73 Å². The minimum atomic E-state index is -0.335. The van der Waals surface area contributed by atoms with Gasteiger partial charge in [0.25, 0.3) is 5.56 Å². The molecule has 18 heavy (non-hydrogen) atoms. The second-order valence-electron chi connectivity index (χ2n) is 3.85. The van der Waals surface area contributed by atoms with Gasteiger partial charge in [-0.15, -0.1) is 10.2 Å². The molecule has 7 heteroatoms. The van der Waals surface area contributed by atoms with E-state index in [1.165, 1.54) is 4.68 Å². The summed E-state index contributed by atoms with van der Waals surface area (Å²) in [6.45, 7) is 2.46. The van der Waals surface area contributed by atoms with Gasteiger partial charge in [-0.3, -0.25) is 14.6 Å². The van der Waals surface area contributed by atoms with Gasteiger partial charge in [0, 0.05) is 12.6 Å². The van der Waals surface area contributed by atoms with Crippen LogP contribution in [-0.2, 0) is 13.6 Å². The molecule has 0 aliphatic carbocycles.